The summed E-state index contributed by atoms with van der Waals surface area (Å²) in [5, 5.41) is 11.7. The maximum absolute atomic E-state index is 11.9. The number of carbonyl (C=O) groups is 1. The van der Waals surface area contributed by atoms with E-state index >= 15 is 0 Å². The lowest BCUT2D eigenvalue weighted by Gasteiger charge is -2.12. The minimum Gasteiger partial charge on any atom is -0.486 e. The third-order valence-electron chi connectivity index (χ3n) is 3.47. The molecule has 134 valence electrons. The number of benzene rings is 1. The average Bonchev–Trinajstić information content (AvgIpc) is 2.95. The fourth-order valence-corrected chi connectivity index (χ4v) is 3.11. The van der Waals surface area contributed by atoms with Gasteiger partial charge >= 0.3 is 0 Å². The van der Waals surface area contributed by atoms with Crippen molar-refractivity contribution in [2.45, 2.75) is 44.3 Å². The van der Waals surface area contributed by atoms with Gasteiger partial charge in [0.25, 0.3) is 0 Å². The summed E-state index contributed by atoms with van der Waals surface area (Å²) in [6.07, 6.45) is 1.78. The molecule has 0 spiro atoms. The first-order chi connectivity index (χ1) is 12.0. The fraction of sp³-hybridized carbons (Fsp3) is 0.389. The number of nitrogens with zero attached hydrogens (tertiary/aromatic N) is 3. The van der Waals surface area contributed by atoms with Crippen LogP contribution in [0, 0.1) is 6.92 Å². The maximum Gasteiger partial charge on any atom is 0.233 e. The molecule has 0 aliphatic heterocycles. The highest BCUT2D eigenvalue weighted by Gasteiger charge is 2.19. The summed E-state index contributed by atoms with van der Waals surface area (Å²) in [4.78, 5) is 11.9. The highest BCUT2D eigenvalue weighted by Crippen LogP contribution is 2.23. The van der Waals surface area contributed by atoms with Crippen molar-refractivity contribution in [3.63, 3.8) is 0 Å². The van der Waals surface area contributed by atoms with Gasteiger partial charge in [0.15, 0.2) is 11.0 Å². The highest BCUT2D eigenvalue weighted by atomic mass is 32.2. The largest absolute Gasteiger partial charge is 0.486 e. The molecule has 1 heterocycles. The lowest BCUT2D eigenvalue weighted by Crippen LogP contribution is -2.30. The zero-order valence-electron chi connectivity index (χ0n) is 14.9. The number of hydrogen-bond acceptors (Lipinski definition) is 5. The van der Waals surface area contributed by atoms with E-state index < -0.39 is 0 Å². The monoisotopic (exact) mass is 360 g/mol. The first-order valence-electron chi connectivity index (χ1n) is 8.22. The van der Waals surface area contributed by atoms with E-state index in [4.69, 9.17) is 4.74 Å². The summed E-state index contributed by atoms with van der Waals surface area (Å²) in [5.41, 5.74) is 1.14. The van der Waals surface area contributed by atoms with Crippen LogP contribution < -0.4 is 10.1 Å². The predicted octanol–water partition coefficient (Wildman–Crippen LogP) is 2.97. The number of rotatable bonds is 9. The number of allylic oxidation sites excluding steroid dienone is 1. The van der Waals surface area contributed by atoms with Gasteiger partial charge in [0.05, 0.1) is 5.25 Å². The van der Waals surface area contributed by atoms with Gasteiger partial charge in [-0.1, -0.05) is 30.0 Å². The molecule has 1 aromatic carbocycles. The van der Waals surface area contributed by atoms with Gasteiger partial charge in [-0.2, -0.15) is 0 Å². The molecule has 0 saturated heterocycles. The number of ether oxygens (including phenoxy) is 1. The van der Waals surface area contributed by atoms with Gasteiger partial charge in [0.2, 0.25) is 5.91 Å². The van der Waals surface area contributed by atoms with Crippen LogP contribution in [0.4, 0.5) is 0 Å². The van der Waals surface area contributed by atoms with Crippen molar-refractivity contribution in [3.8, 4) is 5.75 Å². The van der Waals surface area contributed by atoms with Crippen molar-refractivity contribution in [1.82, 2.24) is 20.1 Å². The Morgan fingerprint density at radius 1 is 1.48 bits per heavy atom. The van der Waals surface area contributed by atoms with Crippen LogP contribution in [0.2, 0.25) is 0 Å². The zero-order valence-corrected chi connectivity index (χ0v) is 15.7. The number of amides is 1. The molecule has 2 aromatic rings. The van der Waals surface area contributed by atoms with Crippen molar-refractivity contribution in [2.75, 3.05) is 6.54 Å². The highest BCUT2D eigenvalue weighted by molar-refractivity contribution is 8.00. The molecule has 25 heavy (non-hydrogen) atoms. The molecule has 0 radical (unpaired) electrons. The molecule has 1 N–H and O–H groups in total. The molecule has 1 amide bonds. The number of thioether (sulfide) groups is 1. The lowest BCUT2D eigenvalue weighted by molar-refractivity contribution is -0.120. The number of nitrogens with one attached hydrogen (secondary N) is 1. The van der Waals surface area contributed by atoms with Crippen LogP contribution in [0.25, 0.3) is 0 Å². The van der Waals surface area contributed by atoms with E-state index in [9.17, 15) is 4.79 Å². The van der Waals surface area contributed by atoms with Gasteiger partial charge < -0.3 is 10.1 Å². The van der Waals surface area contributed by atoms with Gasteiger partial charge in [-0.25, -0.2) is 0 Å². The normalized spacial score (nSPS) is 11.8. The first kappa shape index (κ1) is 19.1. The quantitative estimate of drug-likeness (QED) is 0.550. The lowest BCUT2D eigenvalue weighted by atomic mass is 10.2. The molecule has 0 fully saturated rings. The van der Waals surface area contributed by atoms with Crippen molar-refractivity contribution in [2.24, 2.45) is 0 Å². The second-order valence-electron chi connectivity index (χ2n) is 5.56. The van der Waals surface area contributed by atoms with E-state index in [2.05, 4.69) is 22.1 Å². The Bertz CT molecular complexity index is 730. The van der Waals surface area contributed by atoms with E-state index in [-0.39, 0.29) is 11.2 Å². The van der Waals surface area contributed by atoms with E-state index in [1.807, 2.05) is 49.6 Å². The molecule has 0 aliphatic carbocycles. The molecule has 0 unspecified atom stereocenters. The number of aryl methyl sites for hydroxylation is 1. The van der Waals surface area contributed by atoms with E-state index in [1.165, 1.54) is 11.8 Å². The topological polar surface area (TPSA) is 69.0 Å². The molecule has 1 aromatic heterocycles. The van der Waals surface area contributed by atoms with Crippen LogP contribution in [0.15, 0.2) is 42.1 Å². The van der Waals surface area contributed by atoms with Crippen molar-refractivity contribution < 1.29 is 9.53 Å². The van der Waals surface area contributed by atoms with Gasteiger partial charge in [0, 0.05) is 13.1 Å². The molecule has 1 atom stereocenters. The summed E-state index contributed by atoms with van der Waals surface area (Å²) < 4.78 is 7.74. The number of carbonyl (C=O) groups excluding carboxylic acids is 1. The third-order valence-corrected chi connectivity index (χ3v) is 4.55. The van der Waals surface area contributed by atoms with Crippen LogP contribution in [0.1, 0.15) is 25.2 Å². The Labute approximate surface area is 152 Å². The molecule has 2 rings (SSSR count). The van der Waals surface area contributed by atoms with Crippen molar-refractivity contribution in [3.05, 3.63) is 48.3 Å². The Morgan fingerprint density at radius 2 is 2.28 bits per heavy atom. The minimum absolute atomic E-state index is 0.0155. The second-order valence-corrected chi connectivity index (χ2v) is 6.87. The van der Waals surface area contributed by atoms with Crippen LogP contribution >= 0.6 is 11.8 Å². The Morgan fingerprint density at radius 3 is 2.96 bits per heavy atom. The Kier molecular flexibility index (Phi) is 7.06. The van der Waals surface area contributed by atoms with E-state index in [0.29, 0.717) is 30.7 Å². The van der Waals surface area contributed by atoms with Gasteiger partial charge in [-0.3, -0.25) is 9.36 Å². The standard InChI is InChI=1S/C18H24N4O2S/c1-5-10-22-16(12-24-15-9-7-8-13(3)11-15)20-21-18(22)25-14(4)17(23)19-6-2/h5,7-9,11,14H,1,6,10,12H2,2-4H3,(H,19,23)/t14-/m1/s1. The molecule has 7 heteroatoms. The predicted molar refractivity (Wildman–Crippen MR) is 99.7 cm³/mol. The van der Waals surface area contributed by atoms with Gasteiger partial charge in [-0.15, -0.1) is 16.8 Å². The SMILES string of the molecule is C=CCn1c(COc2cccc(C)c2)nnc1S[C@H](C)C(=O)NCC. The van der Waals surface area contributed by atoms with Crippen molar-refractivity contribution >= 4 is 17.7 Å². The second kappa shape index (κ2) is 9.27. The Hall–Kier alpha value is -2.28. The summed E-state index contributed by atoms with van der Waals surface area (Å²) in [5.74, 6) is 1.48. The summed E-state index contributed by atoms with van der Waals surface area (Å²) in [7, 11) is 0. The summed E-state index contributed by atoms with van der Waals surface area (Å²) in [6.45, 7) is 11.0. The van der Waals surface area contributed by atoms with Gasteiger partial charge in [-0.05, 0) is 38.5 Å². The molecule has 6 nitrogen and oxygen atoms in total. The zero-order chi connectivity index (χ0) is 18.2. The fourth-order valence-electron chi connectivity index (χ4n) is 2.21. The smallest absolute Gasteiger partial charge is 0.233 e. The van der Waals surface area contributed by atoms with E-state index in [1.54, 1.807) is 6.08 Å². The van der Waals surface area contributed by atoms with Gasteiger partial charge in [0.1, 0.15) is 12.4 Å². The Balaban J connectivity index is 2.09. The third kappa shape index (κ3) is 5.35. The summed E-state index contributed by atoms with van der Waals surface area (Å²) >= 11 is 1.38. The van der Waals surface area contributed by atoms with Crippen LogP contribution in [0.5, 0.6) is 5.75 Å². The number of aromatic nitrogens is 3. The van der Waals surface area contributed by atoms with E-state index in [0.717, 1.165) is 11.3 Å². The molecule has 0 saturated carbocycles. The molecule has 0 aliphatic rings. The van der Waals surface area contributed by atoms with Crippen LogP contribution in [0.3, 0.4) is 0 Å². The van der Waals surface area contributed by atoms with Crippen molar-refractivity contribution in [1.29, 1.82) is 0 Å². The first-order valence-corrected chi connectivity index (χ1v) is 9.10. The summed E-state index contributed by atoms with van der Waals surface area (Å²) in [6, 6.07) is 7.86. The molecular weight excluding hydrogens is 336 g/mol. The number of hydrogen-bond donors (Lipinski definition) is 1. The molecule has 0 bridgehead atoms. The van der Waals surface area contributed by atoms with Crippen LogP contribution in [-0.4, -0.2) is 32.5 Å². The molecular formula is C18H24N4O2S. The average molecular weight is 360 g/mol. The maximum atomic E-state index is 11.9. The van der Waals surface area contributed by atoms with Crippen LogP contribution in [-0.2, 0) is 17.9 Å². The minimum atomic E-state index is -0.252.